The summed E-state index contributed by atoms with van der Waals surface area (Å²) in [6.45, 7) is 2.10. The maximum atomic E-state index is 13.6. The maximum absolute atomic E-state index is 13.6. The number of methoxy groups -OCH3 is 1. The van der Waals surface area contributed by atoms with Crippen LogP contribution in [-0.2, 0) is 19.5 Å². The Morgan fingerprint density at radius 3 is 2.97 bits per heavy atom. The number of nitrogens with zero attached hydrogens (tertiary/aromatic N) is 3. The number of hydrogen-bond acceptors (Lipinski definition) is 6. The van der Waals surface area contributed by atoms with Gasteiger partial charge in [-0.3, -0.25) is 4.98 Å². The first kappa shape index (κ1) is 18.5. The second-order valence-corrected chi connectivity index (χ2v) is 7.22. The number of ether oxygens (including phenoxy) is 1. The van der Waals surface area contributed by atoms with Gasteiger partial charge in [-0.25, -0.2) is 14.4 Å². The fourth-order valence-corrected chi connectivity index (χ4v) is 3.79. The molecule has 5 rings (SSSR count). The summed E-state index contributed by atoms with van der Waals surface area (Å²) in [7, 11) is 1.66. The molecule has 0 bridgehead atoms. The lowest BCUT2D eigenvalue weighted by atomic mass is 10.1. The van der Waals surface area contributed by atoms with Gasteiger partial charge in [-0.1, -0.05) is 0 Å². The first-order valence-corrected chi connectivity index (χ1v) is 9.80. The molecule has 0 atom stereocenters. The molecule has 1 aromatic carbocycles. The molecule has 7 nitrogen and oxygen atoms in total. The molecule has 3 N–H and O–H groups in total. The molecule has 0 saturated heterocycles. The zero-order valence-corrected chi connectivity index (χ0v) is 16.5. The highest BCUT2D eigenvalue weighted by atomic mass is 19.1. The molecule has 4 heterocycles. The zero-order valence-electron chi connectivity index (χ0n) is 16.5. The number of nitrogens with one attached hydrogen (secondary N) is 3. The van der Waals surface area contributed by atoms with Crippen molar-refractivity contribution in [3.05, 3.63) is 65.5 Å². The molecule has 30 heavy (non-hydrogen) atoms. The third-order valence-corrected chi connectivity index (χ3v) is 5.31. The molecule has 0 fully saturated rings. The molecule has 4 aromatic rings. The summed E-state index contributed by atoms with van der Waals surface area (Å²) in [5, 5.41) is 7.94. The van der Waals surface area contributed by atoms with Gasteiger partial charge in [-0.05, 0) is 30.2 Å². The van der Waals surface area contributed by atoms with Gasteiger partial charge in [0.15, 0.2) is 5.82 Å². The van der Waals surface area contributed by atoms with Gasteiger partial charge >= 0.3 is 0 Å². The smallest absolute Gasteiger partial charge is 0.163 e. The van der Waals surface area contributed by atoms with Crippen LogP contribution in [0, 0.1) is 5.82 Å². The molecule has 0 aliphatic carbocycles. The Morgan fingerprint density at radius 2 is 2.10 bits per heavy atom. The molecule has 3 aromatic heterocycles. The molecule has 0 unspecified atom stereocenters. The highest BCUT2D eigenvalue weighted by molar-refractivity contribution is 5.84. The fourth-order valence-electron chi connectivity index (χ4n) is 3.79. The van der Waals surface area contributed by atoms with Crippen molar-refractivity contribution < 1.29 is 9.13 Å². The van der Waals surface area contributed by atoms with Crippen LogP contribution in [0.4, 0.5) is 10.2 Å². The molecular formula is C22H21FN6O. The normalized spacial score (nSPS) is 12.9. The number of H-pyrrole nitrogens is 1. The highest BCUT2D eigenvalue weighted by Gasteiger charge is 2.20. The van der Waals surface area contributed by atoms with Crippen molar-refractivity contribution in [1.29, 1.82) is 0 Å². The van der Waals surface area contributed by atoms with E-state index in [4.69, 9.17) is 4.74 Å². The van der Waals surface area contributed by atoms with Crippen molar-refractivity contribution >= 4 is 16.7 Å². The second kappa shape index (κ2) is 7.72. The van der Waals surface area contributed by atoms with Crippen LogP contribution in [0.25, 0.3) is 22.3 Å². The third kappa shape index (κ3) is 3.46. The number of rotatable bonds is 6. The fraction of sp³-hybridized carbons (Fsp3) is 0.227. The SMILES string of the molecule is COc1ccc2c(CCNc3nc(-c4cncc(F)c4)nc4c3CNC4)c[nH]c2c1. The summed E-state index contributed by atoms with van der Waals surface area (Å²) in [5.41, 5.74) is 4.84. The Hall–Kier alpha value is -3.52. The number of fused-ring (bicyclic) bond motifs is 2. The molecule has 0 amide bonds. The summed E-state index contributed by atoms with van der Waals surface area (Å²) in [5.74, 6) is 1.69. The zero-order chi connectivity index (χ0) is 20.5. The molecule has 1 aliphatic heterocycles. The van der Waals surface area contributed by atoms with Gasteiger partial charge in [0.1, 0.15) is 17.4 Å². The summed E-state index contributed by atoms with van der Waals surface area (Å²) in [6.07, 6.45) is 5.61. The molecule has 0 spiro atoms. The lowest BCUT2D eigenvalue weighted by molar-refractivity contribution is 0.415. The molecule has 8 heteroatoms. The first-order valence-electron chi connectivity index (χ1n) is 9.80. The van der Waals surface area contributed by atoms with Crippen LogP contribution in [0.5, 0.6) is 5.75 Å². The number of aromatic nitrogens is 4. The van der Waals surface area contributed by atoms with E-state index >= 15 is 0 Å². The van der Waals surface area contributed by atoms with Gasteiger partial charge in [0.2, 0.25) is 0 Å². The van der Waals surface area contributed by atoms with E-state index in [1.165, 1.54) is 23.2 Å². The first-order chi connectivity index (χ1) is 14.7. The number of halogens is 1. The van der Waals surface area contributed by atoms with E-state index < -0.39 is 5.82 Å². The predicted molar refractivity (Wildman–Crippen MR) is 113 cm³/mol. The van der Waals surface area contributed by atoms with Gasteiger partial charge < -0.3 is 20.4 Å². The quantitative estimate of drug-likeness (QED) is 0.456. The molecule has 1 aliphatic rings. The summed E-state index contributed by atoms with van der Waals surface area (Å²) in [4.78, 5) is 16.5. The molecule has 152 valence electrons. The minimum Gasteiger partial charge on any atom is -0.497 e. The predicted octanol–water partition coefficient (Wildman–Crippen LogP) is 3.43. The van der Waals surface area contributed by atoms with Gasteiger partial charge in [-0.2, -0.15) is 0 Å². The Bertz CT molecular complexity index is 1220. The van der Waals surface area contributed by atoms with Crippen LogP contribution in [-0.4, -0.2) is 33.6 Å². The largest absolute Gasteiger partial charge is 0.497 e. The van der Waals surface area contributed by atoms with Crippen molar-refractivity contribution in [2.45, 2.75) is 19.5 Å². The Balaban J connectivity index is 1.37. The number of benzene rings is 1. The van der Waals surface area contributed by atoms with Crippen molar-refractivity contribution in [3.8, 4) is 17.1 Å². The van der Waals surface area contributed by atoms with Crippen LogP contribution < -0.4 is 15.4 Å². The van der Waals surface area contributed by atoms with E-state index in [9.17, 15) is 4.39 Å². The van der Waals surface area contributed by atoms with Crippen LogP contribution in [0.2, 0.25) is 0 Å². The summed E-state index contributed by atoms with van der Waals surface area (Å²) < 4.78 is 18.9. The van der Waals surface area contributed by atoms with Gasteiger partial charge in [-0.15, -0.1) is 0 Å². The topological polar surface area (TPSA) is 87.8 Å². The minimum atomic E-state index is -0.403. The Morgan fingerprint density at radius 1 is 1.17 bits per heavy atom. The standard InChI is InChI=1S/C22H21FN6O/c1-30-16-2-3-17-13(9-27-19(17)7-16)4-5-26-22-18-11-25-12-20(18)28-21(29-22)14-6-15(23)10-24-8-14/h2-3,6-10,25,27H,4-5,11-12H2,1H3,(H,26,28,29). The molecular weight excluding hydrogens is 383 g/mol. The third-order valence-electron chi connectivity index (χ3n) is 5.31. The second-order valence-electron chi connectivity index (χ2n) is 7.22. The van der Waals surface area contributed by atoms with Crippen molar-refractivity contribution in [3.63, 3.8) is 0 Å². The van der Waals surface area contributed by atoms with E-state index in [2.05, 4.69) is 36.6 Å². The van der Waals surface area contributed by atoms with E-state index in [0.29, 0.717) is 31.0 Å². The number of hydrogen-bond donors (Lipinski definition) is 3. The summed E-state index contributed by atoms with van der Waals surface area (Å²) in [6, 6.07) is 7.44. The Kier molecular flexibility index (Phi) is 4.76. The highest BCUT2D eigenvalue weighted by Crippen LogP contribution is 2.27. The molecule has 0 saturated carbocycles. The summed E-state index contributed by atoms with van der Waals surface area (Å²) >= 11 is 0. The Labute approximate surface area is 172 Å². The van der Waals surface area contributed by atoms with E-state index in [-0.39, 0.29) is 0 Å². The molecule has 0 radical (unpaired) electrons. The number of pyridine rings is 1. The maximum Gasteiger partial charge on any atom is 0.163 e. The van der Waals surface area contributed by atoms with Crippen LogP contribution in [0.3, 0.4) is 0 Å². The van der Waals surface area contributed by atoms with Crippen molar-refractivity contribution in [2.75, 3.05) is 19.0 Å². The average molecular weight is 404 g/mol. The van der Waals surface area contributed by atoms with E-state index in [1.54, 1.807) is 13.3 Å². The van der Waals surface area contributed by atoms with Gasteiger partial charge in [0.25, 0.3) is 0 Å². The lowest BCUT2D eigenvalue weighted by Gasteiger charge is -2.12. The van der Waals surface area contributed by atoms with Gasteiger partial charge in [0.05, 0.1) is 19.0 Å². The van der Waals surface area contributed by atoms with Crippen LogP contribution >= 0.6 is 0 Å². The number of aromatic amines is 1. The van der Waals surface area contributed by atoms with Crippen LogP contribution in [0.1, 0.15) is 16.8 Å². The number of anilines is 1. The van der Waals surface area contributed by atoms with Crippen molar-refractivity contribution in [2.24, 2.45) is 0 Å². The monoisotopic (exact) mass is 404 g/mol. The van der Waals surface area contributed by atoms with E-state index in [1.807, 2.05) is 18.3 Å². The minimum absolute atomic E-state index is 0.403. The lowest BCUT2D eigenvalue weighted by Crippen LogP contribution is -2.10. The van der Waals surface area contributed by atoms with E-state index in [0.717, 1.165) is 34.8 Å². The average Bonchev–Trinajstić information content (AvgIpc) is 3.40. The van der Waals surface area contributed by atoms with Crippen molar-refractivity contribution in [1.82, 2.24) is 25.3 Å². The van der Waals surface area contributed by atoms with Crippen LogP contribution in [0.15, 0.2) is 42.9 Å². The van der Waals surface area contributed by atoms with Gasteiger partial charge in [0, 0.05) is 60.1 Å².